The van der Waals surface area contributed by atoms with Crippen LogP contribution in [0.3, 0.4) is 0 Å². The minimum Gasteiger partial charge on any atom is -0.492 e. The summed E-state index contributed by atoms with van der Waals surface area (Å²) in [5.41, 5.74) is 3.57. The SMILES string of the molecule is CC(O)c1ccccc1NCCOc1ccc2oc3ccccc3c2c1.Cl. The predicted octanol–water partition coefficient (Wildman–Crippen LogP) is 5.55. The van der Waals surface area contributed by atoms with E-state index in [0.717, 1.165) is 38.9 Å². The summed E-state index contributed by atoms with van der Waals surface area (Å²) in [6.45, 7) is 2.94. The van der Waals surface area contributed by atoms with Crippen LogP contribution in [0.25, 0.3) is 21.9 Å². The number of benzene rings is 3. The molecule has 0 saturated carbocycles. The number of aliphatic hydroxyl groups is 1. The third-order valence-corrected chi connectivity index (χ3v) is 4.45. The lowest BCUT2D eigenvalue weighted by Crippen LogP contribution is -2.13. The van der Waals surface area contributed by atoms with Crippen molar-refractivity contribution >= 4 is 40.0 Å². The van der Waals surface area contributed by atoms with Crippen molar-refractivity contribution in [2.75, 3.05) is 18.5 Å². The highest BCUT2D eigenvalue weighted by atomic mass is 35.5. The van der Waals surface area contributed by atoms with Gasteiger partial charge in [0.25, 0.3) is 0 Å². The molecule has 0 fully saturated rings. The van der Waals surface area contributed by atoms with Crippen LogP contribution in [0.2, 0.25) is 0 Å². The van der Waals surface area contributed by atoms with Gasteiger partial charge in [-0.1, -0.05) is 36.4 Å². The second-order valence-corrected chi connectivity index (χ2v) is 6.29. The number of halogens is 1. The molecular weight excluding hydrogens is 362 g/mol. The van der Waals surface area contributed by atoms with Crippen LogP contribution in [0.4, 0.5) is 5.69 Å². The van der Waals surface area contributed by atoms with E-state index < -0.39 is 6.10 Å². The van der Waals surface area contributed by atoms with E-state index in [4.69, 9.17) is 9.15 Å². The lowest BCUT2D eigenvalue weighted by atomic mass is 10.1. The summed E-state index contributed by atoms with van der Waals surface area (Å²) in [4.78, 5) is 0. The Labute approximate surface area is 164 Å². The van der Waals surface area contributed by atoms with Crippen molar-refractivity contribution in [3.05, 3.63) is 72.3 Å². The molecule has 1 unspecified atom stereocenters. The van der Waals surface area contributed by atoms with Gasteiger partial charge in [-0.15, -0.1) is 12.4 Å². The monoisotopic (exact) mass is 383 g/mol. The Balaban J connectivity index is 0.00000210. The van der Waals surface area contributed by atoms with Gasteiger partial charge in [-0.05, 0) is 37.3 Å². The Morgan fingerprint density at radius 2 is 1.70 bits per heavy atom. The molecule has 0 saturated heterocycles. The number of aliphatic hydroxyl groups excluding tert-OH is 1. The smallest absolute Gasteiger partial charge is 0.135 e. The fourth-order valence-corrected chi connectivity index (χ4v) is 3.17. The van der Waals surface area contributed by atoms with Crippen LogP contribution in [0, 0.1) is 0 Å². The minimum absolute atomic E-state index is 0. The maximum absolute atomic E-state index is 9.83. The predicted molar refractivity (Wildman–Crippen MR) is 112 cm³/mol. The molecule has 0 bridgehead atoms. The van der Waals surface area contributed by atoms with Crippen molar-refractivity contribution in [1.29, 1.82) is 0 Å². The fourth-order valence-electron chi connectivity index (χ4n) is 3.17. The van der Waals surface area contributed by atoms with Gasteiger partial charge >= 0.3 is 0 Å². The average molecular weight is 384 g/mol. The number of hydrogen-bond donors (Lipinski definition) is 2. The average Bonchev–Trinajstić information content (AvgIpc) is 3.03. The number of nitrogens with one attached hydrogen (secondary N) is 1. The Morgan fingerprint density at radius 1 is 0.963 bits per heavy atom. The van der Waals surface area contributed by atoms with E-state index in [0.29, 0.717) is 13.2 Å². The van der Waals surface area contributed by atoms with Crippen LogP contribution < -0.4 is 10.1 Å². The third kappa shape index (κ3) is 4.02. The number of furan rings is 1. The van der Waals surface area contributed by atoms with Crippen LogP contribution in [0.1, 0.15) is 18.6 Å². The molecule has 0 aliphatic rings. The molecule has 2 N–H and O–H groups in total. The van der Waals surface area contributed by atoms with Gasteiger partial charge in [0.1, 0.15) is 23.5 Å². The lowest BCUT2D eigenvalue weighted by molar-refractivity contribution is 0.200. The Kier molecular flexibility index (Phi) is 5.89. The van der Waals surface area contributed by atoms with Crippen molar-refractivity contribution in [2.24, 2.45) is 0 Å². The van der Waals surface area contributed by atoms with Gasteiger partial charge in [-0.25, -0.2) is 0 Å². The van der Waals surface area contributed by atoms with Crippen LogP contribution in [-0.4, -0.2) is 18.3 Å². The zero-order chi connectivity index (χ0) is 17.9. The van der Waals surface area contributed by atoms with Gasteiger partial charge < -0.3 is 19.6 Å². The van der Waals surface area contributed by atoms with E-state index in [2.05, 4.69) is 11.4 Å². The van der Waals surface area contributed by atoms with Crippen LogP contribution >= 0.6 is 12.4 Å². The number of hydrogen-bond acceptors (Lipinski definition) is 4. The Morgan fingerprint density at radius 3 is 2.56 bits per heavy atom. The maximum atomic E-state index is 9.83. The molecule has 4 nitrogen and oxygen atoms in total. The van der Waals surface area contributed by atoms with Gasteiger partial charge in [0.05, 0.1) is 6.10 Å². The van der Waals surface area contributed by atoms with Gasteiger partial charge in [-0.3, -0.25) is 0 Å². The van der Waals surface area contributed by atoms with Gasteiger partial charge in [0.15, 0.2) is 0 Å². The maximum Gasteiger partial charge on any atom is 0.135 e. The van der Waals surface area contributed by atoms with E-state index in [1.807, 2.05) is 60.7 Å². The van der Waals surface area contributed by atoms with Gasteiger partial charge in [0, 0.05) is 28.6 Å². The van der Waals surface area contributed by atoms with Crippen LogP contribution in [0.5, 0.6) is 5.75 Å². The van der Waals surface area contributed by atoms with E-state index in [-0.39, 0.29) is 12.4 Å². The number of fused-ring (bicyclic) bond motifs is 3. The van der Waals surface area contributed by atoms with Crippen molar-refractivity contribution in [3.8, 4) is 5.75 Å². The largest absolute Gasteiger partial charge is 0.492 e. The van der Waals surface area contributed by atoms with Gasteiger partial charge in [0.2, 0.25) is 0 Å². The fraction of sp³-hybridized carbons (Fsp3) is 0.182. The molecule has 5 heteroatoms. The van der Waals surface area contributed by atoms with Crippen molar-refractivity contribution in [2.45, 2.75) is 13.0 Å². The molecular formula is C22H22ClNO3. The van der Waals surface area contributed by atoms with Crippen LogP contribution in [-0.2, 0) is 0 Å². The summed E-state index contributed by atoms with van der Waals surface area (Å²) in [6, 6.07) is 21.7. The Hall–Kier alpha value is -2.69. The topological polar surface area (TPSA) is 54.6 Å². The summed E-state index contributed by atoms with van der Waals surface area (Å²) in [6.07, 6.45) is -0.503. The quantitative estimate of drug-likeness (QED) is 0.428. The van der Waals surface area contributed by atoms with Crippen molar-refractivity contribution in [1.82, 2.24) is 0 Å². The second kappa shape index (κ2) is 8.33. The number of ether oxygens (including phenoxy) is 1. The molecule has 0 radical (unpaired) electrons. The summed E-state index contributed by atoms with van der Waals surface area (Å²) < 4.78 is 11.7. The molecule has 4 rings (SSSR count). The molecule has 0 aliphatic heterocycles. The van der Waals surface area contributed by atoms with Crippen molar-refractivity contribution < 1.29 is 14.3 Å². The Bertz CT molecular complexity index is 1040. The second-order valence-electron chi connectivity index (χ2n) is 6.29. The molecule has 140 valence electrons. The van der Waals surface area contributed by atoms with Gasteiger partial charge in [-0.2, -0.15) is 0 Å². The first-order valence-electron chi connectivity index (χ1n) is 8.77. The number of rotatable bonds is 6. The normalized spacial score (nSPS) is 11.9. The number of anilines is 1. The first kappa shape index (κ1) is 19.1. The molecule has 1 atom stereocenters. The summed E-state index contributed by atoms with van der Waals surface area (Å²) in [5, 5.41) is 15.3. The zero-order valence-electron chi connectivity index (χ0n) is 15.0. The summed E-state index contributed by atoms with van der Waals surface area (Å²) in [5.74, 6) is 0.815. The molecule has 1 heterocycles. The highest BCUT2D eigenvalue weighted by Gasteiger charge is 2.08. The molecule has 0 amide bonds. The molecule has 3 aromatic carbocycles. The highest BCUT2D eigenvalue weighted by Crippen LogP contribution is 2.31. The standard InChI is InChI=1S/C22H21NO3.ClH/c1-15(24)17-6-2-4-8-20(17)23-12-13-25-16-10-11-22-19(14-16)18-7-3-5-9-21(18)26-22;/h2-11,14-15,23-24H,12-13H2,1H3;1H. The van der Waals surface area contributed by atoms with E-state index >= 15 is 0 Å². The zero-order valence-corrected chi connectivity index (χ0v) is 15.8. The van der Waals surface area contributed by atoms with E-state index in [1.165, 1.54) is 0 Å². The highest BCUT2D eigenvalue weighted by molar-refractivity contribution is 6.05. The molecule has 0 spiro atoms. The van der Waals surface area contributed by atoms with Crippen LogP contribution in [0.15, 0.2) is 71.1 Å². The summed E-state index contributed by atoms with van der Waals surface area (Å²) in [7, 11) is 0. The molecule has 27 heavy (non-hydrogen) atoms. The first-order valence-corrected chi connectivity index (χ1v) is 8.77. The number of para-hydroxylation sites is 2. The summed E-state index contributed by atoms with van der Waals surface area (Å²) >= 11 is 0. The lowest BCUT2D eigenvalue weighted by Gasteiger charge is -2.14. The molecule has 0 aliphatic carbocycles. The minimum atomic E-state index is -0.503. The molecule has 4 aromatic rings. The molecule has 1 aromatic heterocycles. The van der Waals surface area contributed by atoms with E-state index in [9.17, 15) is 5.11 Å². The third-order valence-electron chi connectivity index (χ3n) is 4.45. The van der Waals surface area contributed by atoms with E-state index in [1.54, 1.807) is 6.92 Å². The first-order chi connectivity index (χ1) is 12.7. The van der Waals surface area contributed by atoms with Crippen molar-refractivity contribution in [3.63, 3.8) is 0 Å².